The summed E-state index contributed by atoms with van der Waals surface area (Å²) in [6, 6.07) is 17.3. The van der Waals surface area contributed by atoms with Gasteiger partial charge < -0.3 is 15.0 Å². The van der Waals surface area contributed by atoms with Gasteiger partial charge in [0.1, 0.15) is 5.75 Å². The molecule has 0 aliphatic rings. The van der Waals surface area contributed by atoms with Crippen molar-refractivity contribution in [3.63, 3.8) is 0 Å². The Balaban J connectivity index is 1.46. The highest BCUT2D eigenvalue weighted by atomic mass is 16.5. The number of H-pyrrole nitrogens is 1. The molecule has 1 heterocycles. The minimum atomic E-state index is -0.0200. The van der Waals surface area contributed by atoms with Crippen LogP contribution in [0.1, 0.15) is 12.8 Å². The summed E-state index contributed by atoms with van der Waals surface area (Å²) < 4.78 is 5.58. The molecule has 5 nitrogen and oxygen atoms in total. The van der Waals surface area contributed by atoms with E-state index in [0.29, 0.717) is 19.4 Å². The number of aromatic nitrogens is 2. The second-order valence-corrected chi connectivity index (χ2v) is 5.36. The Morgan fingerprint density at radius 3 is 2.79 bits per heavy atom. The van der Waals surface area contributed by atoms with Crippen molar-refractivity contribution in [1.29, 1.82) is 0 Å². The molecule has 0 fully saturated rings. The fraction of sp³-hybridized carbons (Fsp3) is 0.158. The first-order valence-corrected chi connectivity index (χ1v) is 7.88. The summed E-state index contributed by atoms with van der Waals surface area (Å²) in [7, 11) is 0. The van der Waals surface area contributed by atoms with Crippen LogP contribution < -0.4 is 10.1 Å². The van der Waals surface area contributed by atoms with Crippen molar-refractivity contribution in [2.75, 3.05) is 11.9 Å². The minimum absolute atomic E-state index is 0.0200. The first-order chi connectivity index (χ1) is 11.8. The van der Waals surface area contributed by atoms with Crippen molar-refractivity contribution in [1.82, 2.24) is 9.97 Å². The molecule has 1 aromatic heterocycles. The van der Waals surface area contributed by atoms with Crippen LogP contribution >= 0.6 is 0 Å². The van der Waals surface area contributed by atoms with E-state index in [2.05, 4.69) is 15.3 Å². The number of carbonyl (C=O) groups excluding carboxylic acids is 1. The van der Waals surface area contributed by atoms with Gasteiger partial charge in [-0.25, -0.2) is 4.98 Å². The average molecular weight is 321 g/mol. The van der Waals surface area contributed by atoms with Gasteiger partial charge in [-0.2, -0.15) is 0 Å². The Morgan fingerprint density at radius 2 is 2.00 bits per heavy atom. The third-order valence-corrected chi connectivity index (χ3v) is 3.52. The zero-order chi connectivity index (χ0) is 16.6. The number of imidazole rings is 1. The Labute approximate surface area is 140 Å². The molecule has 2 N–H and O–H groups in total. The van der Waals surface area contributed by atoms with E-state index in [9.17, 15) is 4.79 Å². The molecule has 24 heavy (non-hydrogen) atoms. The van der Waals surface area contributed by atoms with Gasteiger partial charge >= 0.3 is 0 Å². The van der Waals surface area contributed by atoms with E-state index in [1.165, 1.54) is 0 Å². The van der Waals surface area contributed by atoms with E-state index in [4.69, 9.17) is 4.74 Å². The zero-order valence-corrected chi connectivity index (χ0v) is 13.2. The van der Waals surface area contributed by atoms with Crippen LogP contribution in [0.4, 0.5) is 5.69 Å². The van der Waals surface area contributed by atoms with E-state index >= 15 is 0 Å². The number of hydrogen-bond donors (Lipinski definition) is 2. The van der Waals surface area contributed by atoms with Gasteiger partial charge in [0, 0.05) is 17.7 Å². The number of nitrogens with one attached hydrogen (secondary N) is 2. The zero-order valence-electron chi connectivity index (χ0n) is 13.2. The quantitative estimate of drug-likeness (QED) is 0.649. The van der Waals surface area contributed by atoms with Crippen LogP contribution in [-0.4, -0.2) is 22.5 Å². The summed E-state index contributed by atoms with van der Waals surface area (Å²) in [4.78, 5) is 19.1. The molecule has 0 atom stereocenters. The SMILES string of the molecule is O=C(CCCOc1ccccc1)Nc1cccc(-c2cnc[nH]2)c1. The summed E-state index contributed by atoms with van der Waals surface area (Å²) in [6.45, 7) is 0.519. The lowest BCUT2D eigenvalue weighted by Gasteiger charge is -2.08. The number of para-hydroxylation sites is 1. The predicted molar refractivity (Wildman–Crippen MR) is 93.8 cm³/mol. The van der Waals surface area contributed by atoms with E-state index in [0.717, 1.165) is 22.7 Å². The number of benzene rings is 2. The minimum Gasteiger partial charge on any atom is -0.494 e. The molecule has 0 bridgehead atoms. The third-order valence-electron chi connectivity index (χ3n) is 3.52. The molecule has 1 amide bonds. The Morgan fingerprint density at radius 1 is 1.12 bits per heavy atom. The van der Waals surface area contributed by atoms with E-state index in [1.54, 1.807) is 12.5 Å². The summed E-state index contributed by atoms with van der Waals surface area (Å²) in [5.74, 6) is 0.804. The molecule has 0 spiro atoms. The van der Waals surface area contributed by atoms with E-state index in [-0.39, 0.29) is 5.91 Å². The molecule has 0 saturated carbocycles. The third kappa shape index (κ3) is 4.46. The molecular formula is C19H19N3O2. The number of anilines is 1. The van der Waals surface area contributed by atoms with Crippen molar-refractivity contribution >= 4 is 11.6 Å². The maximum absolute atomic E-state index is 12.0. The van der Waals surface area contributed by atoms with E-state index in [1.807, 2.05) is 54.6 Å². The van der Waals surface area contributed by atoms with E-state index < -0.39 is 0 Å². The van der Waals surface area contributed by atoms with Gasteiger partial charge in [-0.1, -0.05) is 30.3 Å². The van der Waals surface area contributed by atoms with Crippen LogP contribution in [0.25, 0.3) is 11.3 Å². The molecular weight excluding hydrogens is 302 g/mol. The molecule has 3 rings (SSSR count). The number of nitrogens with zero attached hydrogens (tertiary/aromatic N) is 1. The van der Waals surface area contributed by atoms with Crippen molar-refractivity contribution in [2.24, 2.45) is 0 Å². The van der Waals surface area contributed by atoms with Gasteiger partial charge in [0.15, 0.2) is 0 Å². The molecule has 0 unspecified atom stereocenters. The fourth-order valence-corrected chi connectivity index (χ4v) is 2.34. The molecule has 122 valence electrons. The van der Waals surface area contributed by atoms with Crippen LogP contribution in [0.3, 0.4) is 0 Å². The molecule has 5 heteroatoms. The summed E-state index contributed by atoms with van der Waals surface area (Å²) in [6.07, 6.45) is 4.47. The lowest BCUT2D eigenvalue weighted by Crippen LogP contribution is -2.12. The second kappa shape index (κ2) is 7.97. The van der Waals surface area contributed by atoms with Gasteiger partial charge in [-0.3, -0.25) is 4.79 Å². The fourth-order valence-electron chi connectivity index (χ4n) is 2.34. The summed E-state index contributed by atoms with van der Waals surface area (Å²) >= 11 is 0. The topological polar surface area (TPSA) is 67.0 Å². The normalized spacial score (nSPS) is 10.3. The lowest BCUT2D eigenvalue weighted by atomic mass is 10.1. The van der Waals surface area contributed by atoms with Crippen LogP contribution in [0.5, 0.6) is 5.75 Å². The Bertz CT molecular complexity index is 770. The maximum atomic E-state index is 12.0. The lowest BCUT2D eigenvalue weighted by molar-refractivity contribution is -0.116. The second-order valence-electron chi connectivity index (χ2n) is 5.36. The van der Waals surface area contributed by atoms with Crippen LogP contribution in [0, 0.1) is 0 Å². The first-order valence-electron chi connectivity index (χ1n) is 7.88. The Hall–Kier alpha value is -3.08. The molecule has 2 aromatic carbocycles. The maximum Gasteiger partial charge on any atom is 0.224 e. The molecule has 0 aliphatic heterocycles. The van der Waals surface area contributed by atoms with Crippen molar-refractivity contribution in [2.45, 2.75) is 12.8 Å². The average Bonchev–Trinajstić information content (AvgIpc) is 3.15. The Kier molecular flexibility index (Phi) is 5.24. The summed E-state index contributed by atoms with van der Waals surface area (Å²) in [5.41, 5.74) is 2.68. The number of carbonyl (C=O) groups is 1. The predicted octanol–water partition coefficient (Wildman–Crippen LogP) is 3.87. The standard InChI is InChI=1S/C19H19N3O2/c23-19(10-5-11-24-17-8-2-1-3-9-17)22-16-7-4-6-15(12-16)18-13-20-14-21-18/h1-4,6-9,12-14H,5,10-11H2,(H,20,21)(H,22,23). The van der Waals surface area contributed by atoms with Gasteiger partial charge in [-0.05, 0) is 30.7 Å². The number of hydrogen-bond acceptors (Lipinski definition) is 3. The highest BCUT2D eigenvalue weighted by Gasteiger charge is 2.05. The number of amides is 1. The first kappa shape index (κ1) is 15.8. The van der Waals surface area contributed by atoms with Crippen LogP contribution in [-0.2, 0) is 4.79 Å². The van der Waals surface area contributed by atoms with Crippen molar-refractivity contribution in [3.8, 4) is 17.0 Å². The van der Waals surface area contributed by atoms with Crippen LogP contribution in [0.15, 0.2) is 67.1 Å². The van der Waals surface area contributed by atoms with Gasteiger partial charge in [0.2, 0.25) is 5.91 Å². The van der Waals surface area contributed by atoms with Gasteiger partial charge in [0.25, 0.3) is 0 Å². The number of rotatable bonds is 7. The summed E-state index contributed by atoms with van der Waals surface area (Å²) in [5, 5.41) is 2.91. The number of aromatic amines is 1. The monoisotopic (exact) mass is 321 g/mol. The molecule has 3 aromatic rings. The van der Waals surface area contributed by atoms with Crippen molar-refractivity contribution in [3.05, 3.63) is 67.1 Å². The largest absolute Gasteiger partial charge is 0.494 e. The highest BCUT2D eigenvalue weighted by molar-refractivity contribution is 5.91. The number of ether oxygens (including phenoxy) is 1. The smallest absolute Gasteiger partial charge is 0.224 e. The van der Waals surface area contributed by atoms with Crippen molar-refractivity contribution < 1.29 is 9.53 Å². The van der Waals surface area contributed by atoms with Crippen LogP contribution in [0.2, 0.25) is 0 Å². The van der Waals surface area contributed by atoms with Gasteiger partial charge in [-0.15, -0.1) is 0 Å². The van der Waals surface area contributed by atoms with Gasteiger partial charge in [0.05, 0.1) is 24.8 Å². The molecule has 0 saturated heterocycles. The highest BCUT2D eigenvalue weighted by Crippen LogP contribution is 2.20. The molecule has 0 radical (unpaired) electrons. The molecule has 0 aliphatic carbocycles.